The first-order chi connectivity index (χ1) is 9.15. The van der Waals surface area contributed by atoms with Crippen LogP contribution >= 0.6 is 39.0 Å². The van der Waals surface area contributed by atoms with E-state index in [0.717, 1.165) is 27.3 Å². The summed E-state index contributed by atoms with van der Waals surface area (Å²) in [6.07, 6.45) is 1.09. The number of carbonyl (C=O) groups is 1. The number of ketones is 1. The fourth-order valence-corrected chi connectivity index (χ4v) is 4.78. The van der Waals surface area contributed by atoms with E-state index in [1.54, 1.807) is 29.5 Å². The Bertz CT molecular complexity index is 627. The molecule has 2 heterocycles. The SMILES string of the molecule is Nc1ccc(C(=O)c2cc3c(s2)CCSC3)cc1Br. The molecule has 3 rings (SSSR count). The molecule has 0 aliphatic carbocycles. The maximum Gasteiger partial charge on any atom is 0.203 e. The highest BCUT2D eigenvalue weighted by atomic mass is 79.9. The van der Waals surface area contributed by atoms with E-state index in [1.165, 1.54) is 10.4 Å². The molecule has 98 valence electrons. The standard InChI is InChI=1S/C14H12BrNOS2/c15-10-5-8(1-2-11(10)16)14(17)13-6-9-7-18-4-3-12(9)19-13/h1-2,5-6H,3-4,7,16H2. The van der Waals surface area contributed by atoms with Gasteiger partial charge in [0.15, 0.2) is 0 Å². The Balaban J connectivity index is 1.95. The highest BCUT2D eigenvalue weighted by Gasteiger charge is 2.18. The highest BCUT2D eigenvalue weighted by Crippen LogP contribution is 2.33. The Kier molecular flexibility index (Phi) is 3.69. The number of thioether (sulfide) groups is 1. The van der Waals surface area contributed by atoms with Gasteiger partial charge in [-0.15, -0.1) is 11.3 Å². The van der Waals surface area contributed by atoms with Gasteiger partial charge in [0.25, 0.3) is 0 Å². The molecule has 1 aliphatic heterocycles. The number of hydrogen-bond acceptors (Lipinski definition) is 4. The predicted octanol–water partition coefficient (Wildman–Crippen LogP) is 4.11. The van der Waals surface area contributed by atoms with Crippen LogP contribution in [0.15, 0.2) is 28.7 Å². The molecule has 2 N–H and O–H groups in total. The quantitative estimate of drug-likeness (QED) is 0.652. The van der Waals surface area contributed by atoms with Gasteiger partial charge in [0.2, 0.25) is 5.78 Å². The Labute approximate surface area is 128 Å². The number of anilines is 1. The zero-order chi connectivity index (χ0) is 13.4. The van der Waals surface area contributed by atoms with E-state index in [2.05, 4.69) is 22.0 Å². The molecule has 0 unspecified atom stereocenters. The van der Waals surface area contributed by atoms with Crippen LogP contribution in [-0.4, -0.2) is 11.5 Å². The zero-order valence-corrected chi connectivity index (χ0v) is 13.3. The molecule has 0 amide bonds. The van der Waals surface area contributed by atoms with Crippen molar-refractivity contribution in [1.82, 2.24) is 0 Å². The van der Waals surface area contributed by atoms with Gasteiger partial charge in [0.1, 0.15) is 0 Å². The van der Waals surface area contributed by atoms with Gasteiger partial charge in [0, 0.05) is 26.4 Å². The Morgan fingerprint density at radius 2 is 2.16 bits per heavy atom. The van der Waals surface area contributed by atoms with Crippen LogP contribution < -0.4 is 5.73 Å². The lowest BCUT2D eigenvalue weighted by molar-refractivity contribution is 0.104. The number of rotatable bonds is 2. The van der Waals surface area contributed by atoms with Crippen molar-refractivity contribution in [2.24, 2.45) is 0 Å². The summed E-state index contributed by atoms with van der Waals surface area (Å²) < 4.78 is 0.773. The predicted molar refractivity (Wildman–Crippen MR) is 86.2 cm³/mol. The molecule has 1 aromatic carbocycles. The minimum absolute atomic E-state index is 0.0881. The van der Waals surface area contributed by atoms with Crippen LogP contribution in [-0.2, 0) is 12.2 Å². The van der Waals surface area contributed by atoms with Crippen LogP contribution in [0.3, 0.4) is 0 Å². The average Bonchev–Trinajstić information content (AvgIpc) is 2.85. The monoisotopic (exact) mass is 353 g/mol. The van der Waals surface area contributed by atoms with Crippen molar-refractivity contribution in [3.05, 3.63) is 49.6 Å². The number of aryl methyl sites for hydroxylation is 1. The molecule has 5 heteroatoms. The molecule has 0 atom stereocenters. The van der Waals surface area contributed by atoms with Crippen LogP contribution in [0.25, 0.3) is 0 Å². The molecular weight excluding hydrogens is 342 g/mol. The van der Waals surface area contributed by atoms with Crippen molar-refractivity contribution in [1.29, 1.82) is 0 Å². The molecule has 0 fully saturated rings. The van der Waals surface area contributed by atoms with Gasteiger partial charge >= 0.3 is 0 Å². The fourth-order valence-electron chi connectivity index (χ4n) is 2.07. The number of halogens is 1. The summed E-state index contributed by atoms with van der Waals surface area (Å²) in [5, 5.41) is 0. The zero-order valence-electron chi connectivity index (χ0n) is 10.1. The number of nitrogen functional groups attached to an aromatic ring is 1. The number of thiophene rings is 1. The van der Waals surface area contributed by atoms with Crippen LogP contribution in [0.1, 0.15) is 25.7 Å². The van der Waals surface area contributed by atoms with Crippen molar-refractivity contribution in [3.8, 4) is 0 Å². The summed E-state index contributed by atoms with van der Waals surface area (Å²) in [6.45, 7) is 0. The summed E-state index contributed by atoms with van der Waals surface area (Å²) in [5.74, 6) is 2.28. The van der Waals surface area contributed by atoms with E-state index in [1.807, 2.05) is 11.8 Å². The number of benzene rings is 1. The first-order valence-corrected chi connectivity index (χ1v) is 8.70. The lowest BCUT2D eigenvalue weighted by Crippen LogP contribution is -1.99. The topological polar surface area (TPSA) is 43.1 Å². The third kappa shape index (κ3) is 2.59. The second-order valence-corrected chi connectivity index (χ2v) is 7.52. The summed E-state index contributed by atoms with van der Waals surface area (Å²) in [4.78, 5) is 14.7. The second-order valence-electron chi connectivity index (χ2n) is 4.43. The van der Waals surface area contributed by atoms with Crippen molar-refractivity contribution in [2.75, 3.05) is 11.5 Å². The minimum Gasteiger partial charge on any atom is -0.398 e. The van der Waals surface area contributed by atoms with Gasteiger partial charge < -0.3 is 5.73 Å². The molecule has 1 aromatic heterocycles. The van der Waals surface area contributed by atoms with E-state index in [0.29, 0.717) is 11.3 Å². The summed E-state index contributed by atoms with van der Waals surface area (Å²) >= 11 is 6.94. The van der Waals surface area contributed by atoms with Gasteiger partial charge in [-0.05, 0) is 57.9 Å². The van der Waals surface area contributed by atoms with Crippen molar-refractivity contribution in [2.45, 2.75) is 12.2 Å². The molecule has 0 saturated carbocycles. The molecular formula is C14H12BrNOS2. The van der Waals surface area contributed by atoms with E-state index in [9.17, 15) is 4.79 Å². The van der Waals surface area contributed by atoms with E-state index >= 15 is 0 Å². The van der Waals surface area contributed by atoms with Gasteiger partial charge in [-0.25, -0.2) is 0 Å². The molecule has 0 bridgehead atoms. The van der Waals surface area contributed by atoms with Crippen molar-refractivity contribution in [3.63, 3.8) is 0 Å². The number of hydrogen-bond donors (Lipinski definition) is 1. The molecule has 0 radical (unpaired) electrons. The van der Waals surface area contributed by atoms with Crippen LogP contribution in [0.4, 0.5) is 5.69 Å². The fraction of sp³-hybridized carbons (Fsp3) is 0.214. The van der Waals surface area contributed by atoms with E-state index in [-0.39, 0.29) is 5.78 Å². The summed E-state index contributed by atoms with van der Waals surface area (Å²) in [6, 6.07) is 7.40. The number of fused-ring (bicyclic) bond motifs is 1. The third-order valence-electron chi connectivity index (χ3n) is 3.11. The van der Waals surface area contributed by atoms with Gasteiger partial charge in [0.05, 0.1) is 4.88 Å². The lowest BCUT2D eigenvalue weighted by Gasteiger charge is -2.08. The van der Waals surface area contributed by atoms with Crippen LogP contribution in [0, 0.1) is 0 Å². The Hall–Kier alpha value is -0.780. The van der Waals surface area contributed by atoms with E-state index in [4.69, 9.17) is 5.73 Å². The summed E-state index contributed by atoms with van der Waals surface area (Å²) in [5.41, 5.74) is 8.42. The highest BCUT2D eigenvalue weighted by molar-refractivity contribution is 9.10. The molecule has 1 aliphatic rings. The normalized spacial score (nSPS) is 14.2. The number of nitrogens with two attached hydrogens (primary N) is 1. The first-order valence-electron chi connectivity index (χ1n) is 5.94. The second kappa shape index (κ2) is 5.31. The summed E-state index contributed by atoms with van der Waals surface area (Å²) in [7, 11) is 0. The molecule has 0 spiro atoms. The van der Waals surface area contributed by atoms with Crippen molar-refractivity contribution < 1.29 is 4.79 Å². The van der Waals surface area contributed by atoms with Crippen LogP contribution in [0.5, 0.6) is 0 Å². The largest absolute Gasteiger partial charge is 0.398 e. The average molecular weight is 354 g/mol. The molecule has 0 saturated heterocycles. The van der Waals surface area contributed by atoms with Gasteiger partial charge in [-0.1, -0.05) is 0 Å². The molecule has 19 heavy (non-hydrogen) atoms. The van der Waals surface area contributed by atoms with Gasteiger partial charge in [-0.3, -0.25) is 4.79 Å². The maximum atomic E-state index is 12.5. The van der Waals surface area contributed by atoms with Gasteiger partial charge in [-0.2, -0.15) is 11.8 Å². The van der Waals surface area contributed by atoms with E-state index < -0.39 is 0 Å². The lowest BCUT2D eigenvalue weighted by atomic mass is 10.1. The third-order valence-corrected chi connectivity index (χ3v) is 6.04. The first kappa shape index (κ1) is 13.2. The maximum absolute atomic E-state index is 12.5. The molecule has 2 nitrogen and oxygen atoms in total. The molecule has 2 aromatic rings. The smallest absolute Gasteiger partial charge is 0.203 e. The minimum atomic E-state index is 0.0881. The van der Waals surface area contributed by atoms with Crippen LogP contribution in [0.2, 0.25) is 0 Å². The Morgan fingerprint density at radius 1 is 1.32 bits per heavy atom. The van der Waals surface area contributed by atoms with Crippen molar-refractivity contribution >= 4 is 50.5 Å². The number of carbonyl (C=O) groups excluding carboxylic acids is 1. The Morgan fingerprint density at radius 3 is 2.89 bits per heavy atom.